The SMILES string of the molecule is [18F]c1ccc(C[P+](CCCCCCl)(c2ccccc2)c2ccccc2)cc1. The minimum absolute atomic E-state index is 0.177. The van der Waals surface area contributed by atoms with E-state index in [9.17, 15) is 4.39 Å². The molecule has 0 fully saturated rings. The molecule has 0 aromatic heterocycles. The molecule has 0 nitrogen and oxygen atoms in total. The first-order valence-corrected chi connectivity index (χ1v) is 12.2. The van der Waals surface area contributed by atoms with Gasteiger partial charge in [-0.3, -0.25) is 0 Å². The maximum atomic E-state index is 13.4. The molecule has 3 aromatic rings. The van der Waals surface area contributed by atoms with Gasteiger partial charge in [0.1, 0.15) is 5.82 Å². The third kappa shape index (κ3) is 5.18. The topological polar surface area (TPSA) is 0 Å². The van der Waals surface area contributed by atoms with Crippen LogP contribution in [0.3, 0.4) is 0 Å². The van der Waals surface area contributed by atoms with E-state index in [-0.39, 0.29) is 5.82 Å². The third-order valence-corrected chi connectivity index (χ3v) is 9.87. The second-order valence-electron chi connectivity index (χ2n) is 6.90. The highest BCUT2D eigenvalue weighted by Crippen LogP contribution is 2.59. The van der Waals surface area contributed by atoms with E-state index in [2.05, 4.69) is 60.7 Å². The molecule has 0 radical (unpaired) electrons. The third-order valence-electron chi connectivity index (χ3n) is 5.04. The van der Waals surface area contributed by atoms with Gasteiger partial charge in [-0.25, -0.2) is 4.39 Å². The van der Waals surface area contributed by atoms with Crippen molar-refractivity contribution < 1.29 is 4.39 Å². The second kappa shape index (κ2) is 10.0. The number of alkyl halides is 1. The normalized spacial score (nSPS) is 11.5. The molecule has 0 bridgehead atoms. The molecule has 27 heavy (non-hydrogen) atoms. The van der Waals surface area contributed by atoms with Crippen LogP contribution in [0, 0.1) is 5.82 Å². The van der Waals surface area contributed by atoms with Crippen LogP contribution in [0.4, 0.5) is 4.39 Å². The van der Waals surface area contributed by atoms with Crippen molar-refractivity contribution in [3.8, 4) is 0 Å². The lowest BCUT2D eigenvalue weighted by molar-refractivity contribution is 0.627. The Labute approximate surface area is 167 Å². The van der Waals surface area contributed by atoms with Crippen LogP contribution in [-0.2, 0) is 6.16 Å². The van der Waals surface area contributed by atoms with Gasteiger partial charge in [0, 0.05) is 5.88 Å². The van der Waals surface area contributed by atoms with Crippen LogP contribution in [0.2, 0.25) is 0 Å². The molecule has 0 N–H and O–H groups in total. The van der Waals surface area contributed by atoms with Crippen LogP contribution in [0.1, 0.15) is 24.8 Å². The highest BCUT2D eigenvalue weighted by molar-refractivity contribution is 7.88. The molecule has 3 rings (SSSR count). The maximum absolute atomic E-state index is 13.4. The van der Waals surface area contributed by atoms with E-state index in [1.54, 1.807) is 12.1 Å². The van der Waals surface area contributed by atoms with E-state index in [1.807, 2.05) is 12.1 Å². The zero-order valence-electron chi connectivity index (χ0n) is 15.5. The minimum Gasteiger partial charge on any atom is -0.207 e. The molecular weight excluding hydrogens is 373 g/mol. The first-order chi connectivity index (χ1) is 13.2. The van der Waals surface area contributed by atoms with Gasteiger partial charge >= 0.3 is 0 Å². The van der Waals surface area contributed by atoms with Gasteiger partial charge in [-0.05, 0) is 61.2 Å². The molecule has 0 atom stereocenters. The summed E-state index contributed by atoms with van der Waals surface area (Å²) >= 11 is 5.90. The summed E-state index contributed by atoms with van der Waals surface area (Å²) in [6.45, 7) is 0. The highest BCUT2D eigenvalue weighted by Gasteiger charge is 2.42. The Hall–Kier alpha value is -1.69. The number of halogens is 2. The van der Waals surface area contributed by atoms with Gasteiger partial charge in [0.25, 0.3) is 0 Å². The van der Waals surface area contributed by atoms with Crippen LogP contribution in [-0.4, -0.2) is 12.0 Å². The number of benzene rings is 3. The van der Waals surface area contributed by atoms with Gasteiger partial charge in [0.05, 0.1) is 30.2 Å². The van der Waals surface area contributed by atoms with Crippen LogP contribution >= 0.6 is 18.9 Å². The lowest BCUT2D eigenvalue weighted by Crippen LogP contribution is -2.26. The Morgan fingerprint density at radius 2 is 1.22 bits per heavy atom. The van der Waals surface area contributed by atoms with Crippen molar-refractivity contribution in [1.29, 1.82) is 0 Å². The van der Waals surface area contributed by atoms with E-state index in [0.29, 0.717) is 0 Å². The van der Waals surface area contributed by atoms with Crippen molar-refractivity contribution in [2.75, 3.05) is 12.0 Å². The lowest BCUT2D eigenvalue weighted by atomic mass is 10.2. The van der Waals surface area contributed by atoms with E-state index >= 15 is 0 Å². The van der Waals surface area contributed by atoms with Crippen molar-refractivity contribution in [2.45, 2.75) is 25.4 Å². The van der Waals surface area contributed by atoms with Crippen molar-refractivity contribution in [3.05, 3.63) is 96.3 Å². The molecule has 0 unspecified atom stereocenters. The lowest BCUT2D eigenvalue weighted by Gasteiger charge is -2.28. The molecule has 0 spiro atoms. The number of hydrogen-bond donors (Lipinski definition) is 0. The number of rotatable bonds is 9. The predicted molar refractivity (Wildman–Crippen MR) is 119 cm³/mol. The molecule has 140 valence electrons. The average molecular weight is 399 g/mol. The highest BCUT2D eigenvalue weighted by atomic mass is 35.5. The monoisotopic (exact) mass is 398 g/mol. The van der Waals surface area contributed by atoms with E-state index in [0.717, 1.165) is 37.5 Å². The molecule has 0 aliphatic rings. The van der Waals surface area contributed by atoms with Crippen molar-refractivity contribution >= 4 is 29.5 Å². The Balaban J connectivity index is 2.04. The number of unbranched alkanes of at least 4 members (excludes halogenated alkanes) is 2. The fourth-order valence-electron chi connectivity index (χ4n) is 3.65. The standard InChI is InChI=1S/C24H26ClFP/c25-18-8-3-9-19-27(23-10-4-1-5-11-23,24-12-6-2-7-13-24)20-21-14-16-22(26)17-15-21/h1-2,4-7,10-17H,3,8-9,18-20H2/q+1/i26-1. The second-order valence-corrected chi connectivity index (χ2v) is 11.0. The smallest absolute Gasteiger partial charge is 0.123 e. The van der Waals surface area contributed by atoms with Crippen molar-refractivity contribution in [3.63, 3.8) is 0 Å². The van der Waals surface area contributed by atoms with Gasteiger partial charge in [-0.2, -0.15) is 0 Å². The molecule has 0 saturated carbocycles. The first kappa shape index (κ1) is 20.1. The summed E-state index contributed by atoms with van der Waals surface area (Å²) < 4.78 is 13.4. The van der Waals surface area contributed by atoms with Gasteiger partial charge in [0.15, 0.2) is 0 Å². The van der Waals surface area contributed by atoms with E-state index < -0.39 is 7.26 Å². The quantitative estimate of drug-likeness (QED) is 0.222. The molecule has 0 amide bonds. The molecule has 3 heteroatoms. The predicted octanol–water partition coefficient (Wildman–Crippen LogP) is 6.40. The van der Waals surface area contributed by atoms with Crippen LogP contribution in [0.15, 0.2) is 84.9 Å². The van der Waals surface area contributed by atoms with E-state index in [4.69, 9.17) is 11.6 Å². The molecule has 0 aliphatic carbocycles. The summed E-state index contributed by atoms with van der Waals surface area (Å²) in [7, 11) is -1.64. The summed E-state index contributed by atoms with van der Waals surface area (Å²) in [5, 5.41) is 2.85. The van der Waals surface area contributed by atoms with Crippen LogP contribution < -0.4 is 10.6 Å². The Morgan fingerprint density at radius 1 is 0.667 bits per heavy atom. The van der Waals surface area contributed by atoms with Crippen LogP contribution in [0.25, 0.3) is 0 Å². The van der Waals surface area contributed by atoms with Gasteiger partial charge < -0.3 is 0 Å². The van der Waals surface area contributed by atoms with E-state index in [1.165, 1.54) is 16.2 Å². The summed E-state index contributed by atoms with van der Waals surface area (Å²) in [6, 6.07) is 28.8. The molecule has 3 aromatic carbocycles. The average Bonchev–Trinajstić information content (AvgIpc) is 2.73. The first-order valence-electron chi connectivity index (χ1n) is 9.53. The zero-order chi connectivity index (χ0) is 19.0. The Bertz CT molecular complexity index is 763. The molecular formula is C24H26ClFP+. The van der Waals surface area contributed by atoms with Gasteiger partial charge in [-0.15, -0.1) is 11.6 Å². The fourth-order valence-corrected chi connectivity index (χ4v) is 8.26. The summed E-state index contributed by atoms with van der Waals surface area (Å²) in [6.07, 6.45) is 5.47. The van der Waals surface area contributed by atoms with Gasteiger partial charge in [-0.1, -0.05) is 48.5 Å². The number of hydrogen-bond acceptors (Lipinski definition) is 0. The minimum atomic E-state index is -1.64. The largest absolute Gasteiger partial charge is 0.207 e. The molecule has 0 heterocycles. The zero-order valence-corrected chi connectivity index (χ0v) is 17.2. The summed E-state index contributed by atoms with van der Waals surface area (Å²) in [5.74, 6) is 0.546. The maximum Gasteiger partial charge on any atom is 0.123 e. The van der Waals surface area contributed by atoms with Crippen molar-refractivity contribution in [1.82, 2.24) is 0 Å². The van der Waals surface area contributed by atoms with Crippen molar-refractivity contribution in [2.24, 2.45) is 0 Å². The summed E-state index contributed by atoms with van der Waals surface area (Å²) in [5.41, 5.74) is 1.20. The fraction of sp³-hybridized carbons (Fsp3) is 0.250. The molecule has 0 saturated heterocycles. The van der Waals surface area contributed by atoms with Crippen LogP contribution in [0.5, 0.6) is 0 Å². The van der Waals surface area contributed by atoms with Gasteiger partial charge in [0.2, 0.25) is 0 Å². The Morgan fingerprint density at radius 3 is 1.74 bits per heavy atom. The Kier molecular flexibility index (Phi) is 7.44. The summed E-state index contributed by atoms with van der Waals surface area (Å²) in [4.78, 5) is 0. The molecule has 0 aliphatic heterocycles.